The van der Waals surface area contributed by atoms with Crippen molar-refractivity contribution < 1.29 is 0 Å². The van der Waals surface area contributed by atoms with Crippen LogP contribution in [0.15, 0.2) is 73.2 Å². The molecule has 0 aliphatic heterocycles. The summed E-state index contributed by atoms with van der Waals surface area (Å²) in [5.74, 6) is 0. The summed E-state index contributed by atoms with van der Waals surface area (Å²) in [6.45, 7) is 0. The highest BCUT2D eigenvalue weighted by Gasteiger charge is 2.32. The molecule has 0 spiro atoms. The second kappa shape index (κ2) is 5.35. The molecule has 2 aliphatic carbocycles. The van der Waals surface area contributed by atoms with Crippen molar-refractivity contribution in [1.82, 2.24) is 19.4 Å². The molecule has 6 aromatic rings. The standard InChI is InChI=1S/C27H16N4/c1-2-5-18-15(4-1)12-16-7-8-17-13-22-26(24(17)23(16)18)30-27-25-19(6-3-10-29-25)20-14-28-11-9-21(20)31(22)27/h1-11,14H,12-13H2. The van der Waals surface area contributed by atoms with E-state index in [1.807, 2.05) is 24.7 Å². The third kappa shape index (κ3) is 1.84. The summed E-state index contributed by atoms with van der Waals surface area (Å²) in [6, 6.07) is 19.6. The minimum Gasteiger partial charge on any atom is -0.294 e. The summed E-state index contributed by atoms with van der Waals surface area (Å²) in [5.41, 5.74) is 13.6. The molecule has 0 unspecified atom stereocenters. The lowest BCUT2D eigenvalue weighted by molar-refractivity contribution is 1.09. The van der Waals surface area contributed by atoms with Crippen LogP contribution in [0.3, 0.4) is 0 Å². The van der Waals surface area contributed by atoms with Crippen LogP contribution in [0.1, 0.15) is 22.4 Å². The van der Waals surface area contributed by atoms with Gasteiger partial charge in [-0.15, -0.1) is 0 Å². The minimum absolute atomic E-state index is 0.886. The lowest BCUT2D eigenvalue weighted by Crippen LogP contribution is -1.97. The molecule has 4 heterocycles. The highest BCUT2D eigenvalue weighted by atomic mass is 15.1. The molecule has 0 amide bonds. The Balaban J connectivity index is 1.55. The SMILES string of the molecule is c1ccc2c(c1)Cc1ccc3c(c1-2)-c1nc2c4ncccc4c4cnccc4n2c1C3. The number of benzene rings is 2. The zero-order valence-electron chi connectivity index (χ0n) is 16.6. The van der Waals surface area contributed by atoms with E-state index in [9.17, 15) is 0 Å². The van der Waals surface area contributed by atoms with Crippen LogP contribution in [0.5, 0.6) is 0 Å². The Bertz CT molecular complexity index is 1740. The zero-order valence-corrected chi connectivity index (χ0v) is 16.6. The van der Waals surface area contributed by atoms with Gasteiger partial charge in [0, 0.05) is 41.3 Å². The summed E-state index contributed by atoms with van der Waals surface area (Å²) in [4.78, 5) is 14.4. The third-order valence-corrected chi connectivity index (χ3v) is 6.96. The topological polar surface area (TPSA) is 43.1 Å². The quantitative estimate of drug-likeness (QED) is 0.315. The van der Waals surface area contributed by atoms with Crippen LogP contribution in [-0.2, 0) is 12.8 Å². The monoisotopic (exact) mass is 396 g/mol. The molecular weight excluding hydrogens is 380 g/mol. The van der Waals surface area contributed by atoms with Crippen LogP contribution in [0.25, 0.3) is 49.8 Å². The summed E-state index contributed by atoms with van der Waals surface area (Å²) < 4.78 is 2.31. The predicted octanol–water partition coefficient (Wildman–Crippen LogP) is 5.57. The Kier molecular flexibility index (Phi) is 2.72. The first-order chi connectivity index (χ1) is 15.4. The fourth-order valence-electron chi connectivity index (χ4n) is 5.69. The van der Waals surface area contributed by atoms with E-state index in [1.54, 1.807) is 0 Å². The molecule has 0 N–H and O–H groups in total. The van der Waals surface area contributed by atoms with Crippen molar-refractivity contribution in [3.8, 4) is 22.4 Å². The maximum absolute atomic E-state index is 5.24. The van der Waals surface area contributed by atoms with E-state index >= 15 is 0 Å². The van der Waals surface area contributed by atoms with Gasteiger partial charge >= 0.3 is 0 Å². The Morgan fingerprint density at radius 3 is 2.61 bits per heavy atom. The van der Waals surface area contributed by atoms with Gasteiger partial charge in [0.05, 0.1) is 16.9 Å². The fourth-order valence-corrected chi connectivity index (χ4v) is 5.69. The van der Waals surface area contributed by atoms with Gasteiger partial charge < -0.3 is 0 Å². The van der Waals surface area contributed by atoms with E-state index in [0.717, 1.165) is 46.0 Å². The first-order valence-corrected chi connectivity index (χ1v) is 10.6. The average molecular weight is 396 g/mol. The Hall–Kier alpha value is -4.05. The van der Waals surface area contributed by atoms with E-state index in [-0.39, 0.29) is 0 Å². The van der Waals surface area contributed by atoms with Crippen LogP contribution in [0.4, 0.5) is 0 Å². The molecular formula is C27H16N4. The first-order valence-electron chi connectivity index (χ1n) is 10.6. The molecule has 8 rings (SSSR count). The van der Waals surface area contributed by atoms with Gasteiger partial charge in [0.1, 0.15) is 5.52 Å². The molecule has 144 valence electrons. The van der Waals surface area contributed by atoms with Gasteiger partial charge in [-0.2, -0.15) is 0 Å². The van der Waals surface area contributed by atoms with Crippen molar-refractivity contribution in [3.05, 3.63) is 95.6 Å². The number of hydrogen-bond donors (Lipinski definition) is 0. The average Bonchev–Trinajstić information content (AvgIpc) is 3.48. The summed E-state index contributed by atoms with van der Waals surface area (Å²) in [7, 11) is 0. The third-order valence-electron chi connectivity index (χ3n) is 6.96. The molecule has 2 aromatic carbocycles. The maximum Gasteiger partial charge on any atom is 0.164 e. The largest absolute Gasteiger partial charge is 0.294 e. The molecule has 0 radical (unpaired) electrons. The van der Waals surface area contributed by atoms with Gasteiger partial charge in [0.25, 0.3) is 0 Å². The van der Waals surface area contributed by atoms with Gasteiger partial charge in [-0.3, -0.25) is 14.4 Å². The zero-order chi connectivity index (χ0) is 20.1. The van der Waals surface area contributed by atoms with E-state index in [0.29, 0.717) is 0 Å². The second-order valence-corrected chi connectivity index (χ2v) is 8.50. The highest BCUT2D eigenvalue weighted by molar-refractivity contribution is 6.10. The molecule has 4 aromatic heterocycles. The van der Waals surface area contributed by atoms with E-state index in [2.05, 4.69) is 57.9 Å². The number of pyridine rings is 3. The van der Waals surface area contributed by atoms with E-state index in [4.69, 9.17) is 9.97 Å². The molecule has 4 heteroatoms. The van der Waals surface area contributed by atoms with Crippen molar-refractivity contribution in [1.29, 1.82) is 0 Å². The molecule has 31 heavy (non-hydrogen) atoms. The van der Waals surface area contributed by atoms with Crippen LogP contribution < -0.4 is 0 Å². The lowest BCUT2D eigenvalue weighted by atomic mass is 9.96. The maximum atomic E-state index is 5.24. The smallest absolute Gasteiger partial charge is 0.164 e. The fraction of sp³-hybridized carbons (Fsp3) is 0.0741. The molecule has 0 fully saturated rings. The molecule has 4 nitrogen and oxygen atoms in total. The normalized spacial score (nSPS) is 13.5. The molecule has 0 saturated carbocycles. The van der Waals surface area contributed by atoms with Gasteiger partial charge in [0.15, 0.2) is 5.65 Å². The minimum atomic E-state index is 0.886. The van der Waals surface area contributed by atoms with Crippen molar-refractivity contribution in [2.75, 3.05) is 0 Å². The predicted molar refractivity (Wildman–Crippen MR) is 122 cm³/mol. The van der Waals surface area contributed by atoms with Crippen molar-refractivity contribution >= 4 is 27.5 Å². The summed E-state index contributed by atoms with van der Waals surface area (Å²) >= 11 is 0. The summed E-state index contributed by atoms with van der Waals surface area (Å²) in [6.07, 6.45) is 7.55. The van der Waals surface area contributed by atoms with Crippen LogP contribution in [0, 0.1) is 0 Å². The number of imidazole rings is 1. The number of aromatic nitrogens is 4. The molecule has 2 aliphatic rings. The van der Waals surface area contributed by atoms with Gasteiger partial charge in [-0.1, -0.05) is 42.5 Å². The first kappa shape index (κ1) is 15.7. The summed E-state index contributed by atoms with van der Waals surface area (Å²) in [5, 5.41) is 2.22. The number of nitrogens with zero attached hydrogens (tertiary/aromatic N) is 4. The van der Waals surface area contributed by atoms with Gasteiger partial charge in [-0.25, -0.2) is 4.98 Å². The van der Waals surface area contributed by atoms with E-state index in [1.165, 1.54) is 39.1 Å². The number of hydrogen-bond acceptors (Lipinski definition) is 3. The van der Waals surface area contributed by atoms with Crippen molar-refractivity contribution in [2.45, 2.75) is 12.8 Å². The Morgan fingerprint density at radius 1 is 0.742 bits per heavy atom. The Labute approximate surface area is 177 Å². The van der Waals surface area contributed by atoms with Gasteiger partial charge in [-0.05, 0) is 46.4 Å². The van der Waals surface area contributed by atoms with Crippen molar-refractivity contribution in [2.24, 2.45) is 0 Å². The Morgan fingerprint density at radius 2 is 1.65 bits per heavy atom. The lowest BCUT2D eigenvalue weighted by Gasteiger charge is -2.10. The van der Waals surface area contributed by atoms with Crippen LogP contribution >= 0.6 is 0 Å². The van der Waals surface area contributed by atoms with Gasteiger partial charge in [0.2, 0.25) is 0 Å². The molecule has 0 saturated heterocycles. The molecule has 0 bridgehead atoms. The second-order valence-electron chi connectivity index (χ2n) is 8.50. The van der Waals surface area contributed by atoms with E-state index < -0.39 is 0 Å². The van der Waals surface area contributed by atoms with Crippen molar-refractivity contribution in [3.63, 3.8) is 0 Å². The number of fused-ring (bicyclic) bond motifs is 14. The van der Waals surface area contributed by atoms with Crippen LogP contribution in [-0.4, -0.2) is 19.4 Å². The van der Waals surface area contributed by atoms with Crippen LogP contribution in [0.2, 0.25) is 0 Å². The molecule has 0 atom stereocenters. The number of rotatable bonds is 0. The highest BCUT2D eigenvalue weighted by Crippen LogP contribution is 2.49.